The first-order chi connectivity index (χ1) is 15.5. The number of nitrogens with zero attached hydrogens (tertiary/aromatic N) is 1. The Balaban J connectivity index is 1.56. The molecule has 3 rings (SSSR count). The van der Waals surface area contributed by atoms with Crippen LogP contribution >= 0.6 is 23.1 Å². The van der Waals surface area contributed by atoms with Crippen molar-refractivity contribution in [2.24, 2.45) is 0 Å². The van der Waals surface area contributed by atoms with E-state index in [1.54, 1.807) is 14.2 Å². The average molecular weight is 472 g/mol. The summed E-state index contributed by atoms with van der Waals surface area (Å²) in [6.45, 7) is 1.96. The molecule has 2 aromatic carbocycles. The number of rotatable bonds is 10. The van der Waals surface area contributed by atoms with E-state index in [0.717, 1.165) is 28.3 Å². The van der Waals surface area contributed by atoms with E-state index in [4.69, 9.17) is 9.47 Å². The molecule has 32 heavy (non-hydrogen) atoms. The van der Waals surface area contributed by atoms with Crippen molar-refractivity contribution in [2.45, 2.75) is 24.7 Å². The van der Waals surface area contributed by atoms with E-state index in [-0.39, 0.29) is 17.6 Å². The smallest absolute Gasteiger partial charge is 0.236 e. The van der Waals surface area contributed by atoms with E-state index in [9.17, 15) is 9.59 Å². The molecule has 0 aliphatic carbocycles. The fourth-order valence-electron chi connectivity index (χ4n) is 2.88. The molecule has 0 radical (unpaired) electrons. The first kappa shape index (κ1) is 23.6. The number of carbonyl (C=O) groups is 2. The van der Waals surface area contributed by atoms with E-state index in [0.29, 0.717) is 23.1 Å². The number of thioether (sulfide) groups is 1. The van der Waals surface area contributed by atoms with Crippen molar-refractivity contribution in [3.05, 3.63) is 47.8 Å². The lowest BCUT2D eigenvalue weighted by Crippen LogP contribution is -2.14. The van der Waals surface area contributed by atoms with Crippen LogP contribution in [-0.4, -0.2) is 36.8 Å². The van der Waals surface area contributed by atoms with Gasteiger partial charge in [-0.15, -0.1) is 23.1 Å². The molecule has 168 valence electrons. The van der Waals surface area contributed by atoms with Crippen LogP contribution in [0.15, 0.2) is 52.7 Å². The summed E-state index contributed by atoms with van der Waals surface area (Å²) < 4.78 is 10.6. The van der Waals surface area contributed by atoms with Crippen molar-refractivity contribution in [1.82, 2.24) is 4.98 Å². The van der Waals surface area contributed by atoms with Crippen molar-refractivity contribution < 1.29 is 19.1 Å². The molecule has 0 bridgehead atoms. The van der Waals surface area contributed by atoms with Gasteiger partial charge in [0, 0.05) is 27.9 Å². The van der Waals surface area contributed by atoms with Gasteiger partial charge in [0.1, 0.15) is 0 Å². The Bertz CT molecular complexity index is 1080. The monoisotopic (exact) mass is 471 g/mol. The zero-order valence-corrected chi connectivity index (χ0v) is 19.8. The molecule has 1 aromatic heterocycles. The number of benzene rings is 2. The molecule has 9 heteroatoms. The molecule has 0 unspecified atom stereocenters. The minimum absolute atomic E-state index is 0.0125. The van der Waals surface area contributed by atoms with Gasteiger partial charge in [0.2, 0.25) is 11.8 Å². The van der Waals surface area contributed by atoms with Crippen LogP contribution in [0.25, 0.3) is 11.3 Å². The number of ether oxygens (including phenoxy) is 2. The molecule has 0 atom stereocenters. The molecule has 0 aliphatic heterocycles. The summed E-state index contributed by atoms with van der Waals surface area (Å²) in [5.74, 6) is 1.33. The number of amides is 2. The summed E-state index contributed by atoms with van der Waals surface area (Å²) in [5.41, 5.74) is 2.35. The number of hydrogen-bond acceptors (Lipinski definition) is 7. The highest BCUT2D eigenvalue weighted by Crippen LogP contribution is 2.33. The van der Waals surface area contributed by atoms with Crippen LogP contribution in [0.4, 0.5) is 10.8 Å². The molecule has 7 nitrogen and oxygen atoms in total. The fourth-order valence-corrected chi connectivity index (χ4v) is 4.37. The van der Waals surface area contributed by atoms with Crippen LogP contribution in [0.5, 0.6) is 11.5 Å². The Kier molecular flexibility index (Phi) is 8.52. The predicted octanol–water partition coefficient (Wildman–Crippen LogP) is 5.30. The Morgan fingerprint density at radius 2 is 1.84 bits per heavy atom. The van der Waals surface area contributed by atoms with E-state index >= 15 is 0 Å². The number of hydrogen-bond donors (Lipinski definition) is 2. The third-order valence-electron chi connectivity index (χ3n) is 4.39. The summed E-state index contributed by atoms with van der Waals surface area (Å²) in [6.07, 6.45) is 1.28. The second kappa shape index (κ2) is 11.5. The zero-order chi connectivity index (χ0) is 22.9. The number of nitrogens with one attached hydrogen (secondary N) is 2. The molecule has 2 N–H and O–H groups in total. The number of anilines is 2. The van der Waals surface area contributed by atoms with Gasteiger partial charge >= 0.3 is 0 Å². The normalized spacial score (nSPS) is 10.5. The predicted molar refractivity (Wildman–Crippen MR) is 130 cm³/mol. The lowest BCUT2D eigenvalue weighted by Gasteiger charge is -2.08. The Labute approximate surface area is 195 Å². The molecule has 0 spiro atoms. The van der Waals surface area contributed by atoms with Crippen molar-refractivity contribution in [3.8, 4) is 22.8 Å². The van der Waals surface area contributed by atoms with Gasteiger partial charge in [-0.05, 0) is 42.8 Å². The van der Waals surface area contributed by atoms with E-state index < -0.39 is 0 Å². The highest BCUT2D eigenvalue weighted by atomic mass is 32.2. The molecule has 0 fully saturated rings. The van der Waals surface area contributed by atoms with Gasteiger partial charge < -0.3 is 20.1 Å². The fraction of sp³-hybridized carbons (Fsp3) is 0.261. The summed E-state index contributed by atoms with van der Waals surface area (Å²) in [7, 11) is 3.17. The van der Waals surface area contributed by atoms with Gasteiger partial charge in [-0.1, -0.05) is 13.0 Å². The quantitative estimate of drug-likeness (QED) is 0.390. The van der Waals surface area contributed by atoms with Crippen molar-refractivity contribution >= 4 is 45.7 Å². The number of carbonyl (C=O) groups excluding carboxylic acids is 2. The van der Waals surface area contributed by atoms with Crippen molar-refractivity contribution in [3.63, 3.8) is 0 Å². The summed E-state index contributed by atoms with van der Waals surface area (Å²) >= 11 is 2.76. The van der Waals surface area contributed by atoms with Gasteiger partial charge in [0.15, 0.2) is 16.6 Å². The van der Waals surface area contributed by atoms with Crippen LogP contribution in [0.1, 0.15) is 19.8 Å². The zero-order valence-electron chi connectivity index (χ0n) is 18.1. The molecule has 0 saturated carbocycles. The Morgan fingerprint density at radius 1 is 1.03 bits per heavy atom. The molecule has 0 aliphatic rings. The first-order valence-corrected chi connectivity index (χ1v) is 11.9. The third-order valence-corrected chi connectivity index (χ3v) is 6.15. The van der Waals surface area contributed by atoms with Gasteiger partial charge in [0.05, 0.1) is 25.7 Å². The maximum Gasteiger partial charge on any atom is 0.236 e. The van der Waals surface area contributed by atoms with Crippen molar-refractivity contribution in [2.75, 3.05) is 30.6 Å². The topological polar surface area (TPSA) is 89.6 Å². The van der Waals surface area contributed by atoms with Gasteiger partial charge in [-0.3, -0.25) is 9.59 Å². The van der Waals surface area contributed by atoms with Gasteiger partial charge in [0.25, 0.3) is 0 Å². The van der Waals surface area contributed by atoms with E-state index in [1.807, 2.05) is 54.8 Å². The van der Waals surface area contributed by atoms with Crippen LogP contribution < -0.4 is 20.1 Å². The maximum absolute atomic E-state index is 12.4. The number of aromatic nitrogens is 1. The summed E-state index contributed by atoms with van der Waals surface area (Å²) in [5, 5.41) is 8.12. The summed E-state index contributed by atoms with van der Waals surface area (Å²) in [4.78, 5) is 29.6. The summed E-state index contributed by atoms with van der Waals surface area (Å²) in [6, 6.07) is 13.0. The van der Waals surface area contributed by atoms with Crippen molar-refractivity contribution in [1.29, 1.82) is 0 Å². The Hall–Kier alpha value is -3.04. The lowest BCUT2D eigenvalue weighted by atomic mass is 10.1. The van der Waals surface area contributed by atoms with E-state index in [2.05, 4.69) is 15.6 Å². The molecular weight excluding hydrogens is 446 g/mol. The standard InChI is InChI=1S/C23H25N3O4S2/c1-4-6-21(27)24-16-7-5-8-17(12-16)31-14-22(28)26-23-25-18(13-32-23)15-9-10-19(29-2)20(11-15)30-3/h5,7-13H,4,6,14H2,1-3H3,(H,24,27)(H,25,26,28). The largest absolute Gasteiger partial charge is 0.493 e. The third kappa shape index (κ3) is 6.48. The molecule has 3 aromatic rings. The maximum atomic E-state index is 12.4. The minimum Gasteiger partial charge on any atom is -0.493 e. The van der Waals surface area contributed by atoms with E-state index in [1.165, 1.54) is 23.1 Å². The SMILES string of the molecule is CCCC(=O)Nc1cccc(SCC(=O)Nc2nc(-c3ccc(OC)c(OC)c3)cs2)c1. The van der Waals surface area contributed by atoms with Crippen LogP contribution in [0.3, 0.4) is 0 Å². The van der Waals surface area contributed by atoms with Gasteiger partial charge in [-0.25, -0.2) is 4.98 Å². The number of thiazole rings is 1. The van der Waals surface area contributed by atoms with Crippen LogP contribution in [-0.2, 0) is 9.59 Å². The number of methoxy groups -OCH3 is 2. The minimum atomic E-state index is -0.149. The second-order valence-corrected chi connectivity index (χ2v) is 8.68. The highest BCUT2D eigenvalue weighted by molar-refractivity contribution is 8.00. The average Bonchev–Trinajstić information content (AvgIpc) is 3.26. The molecule has 1 heterocycles. The Morgan fingerprint density at radius 3 is 2.59 bits per heavy atom. The van der Waals surface area contributed by atoms with Gasteiger partial charge in [-0.2, -0.15) is 0 Å². The second-order valence-electron chi connectivity index (χ2n) is 6.77. The van der Waals surface area contributed by atoms with Crippen LogP contribution in [0, 0.1) is 0 Å². The first-order valence-electron chi connectivity index (χ1n) is 10.0. The molecular formula is C23H25N3O4S2. The molecule has 2 amide bonds. The highest BCUT2D eigenvalue weighted by Gasteiger charge is 2.12. The van der Waals surface area contributed by atoms with Crippen LogP contribution in [0.2, 0.25) is 0 Å². The lowest BCUT2D eigenvalue weighted by molar-refractivity contribution is -0.116. The molecule has 0 saturated heterocycles.